The van der Waals surface area contributed by atoms with Crippen LogP contribution in [-0.4, -0.2) is 15.9 Å². The van der Waals surface area contributed by atoms with E-state index in [2.05, 4.69) is 36.1 Å². The molecule has 0 radical (unpaired) electrons. The molecule has 0 aromatic carbocycles. The number of aryl methyl sites for hydroxylation is 1. The molecule has 3 rings (SSSR count). The van der Waals surface area contributed by atoms with E-state index in [-0.39, 0.29) is 5.91 Å². The molecule has 2 heterocycles. The number of aromatic nitrogens is 2. The normalized spacial score (nSPS) is 17.9. The molecule has 4 nitrogen and oxygen atoms in total. The minimum absolute atomic E-state index is 0.147. The van der Waals surface area contributed by atoms with Crippen molar-refractivity contribution in [3.63, 3.8) is 0 Å². The minimum atomic E-state index is -0.147. The topological polar surface area (TPSA) is 54.9 Å². The lowest BCUT2D eigenvalue weighted by molar-refractivity contribution is 0.102. The molecule has 22 heavy (non-hydrogen) atoms. The van der Waals surface area contributed by atoms with Gasteiger partial charge in [0, 0.05) is 17.3 Å². The van der Waals surface area contributed by atoms with Crippen molar-refractivity contribution in [2.24, 2.45) is 11.3 Å². The first-order valence-electron chi connectivity index (χ1n) is 7.63. The van der Waals surface area contributed by atoms with Crippen molar-refractivity contribution < 1.29 is 4.79 Å². The van der Waals surface area contributed by atoms with Gasteiger partial charge >= 0.3 is 0 Å². The Labute approximate surface area is 135 Å². The van der Waals surface area contributed by atoms with Crippen LogP contribution in [0, 0.1) is 11.3 Å². The Morgan fingerprint density at radius 2 is 2.23 bits per heavy atom. The number of nitrogens with one attached hydrogen (secondary N) is 1. The molecular formula is C17H21N3OS. The Hall–Kier alpha value is -1.75. The highest BCUT2D eigenvalue weighted by atomic mass is 32.1. The van der Waals surface area contributed by atoms with Gasteiger partial charge in [-0.2, -0.15) is 0 Å². The zero-order chi connectivity index (χ0) is 15.7. The number of thiazole rings is 1. The lowest BCUT2D eigenvalue weighted by Gasteiger charge is -2.33. The Morgan fingerprint density at radius 3 is 2.91 bits per heavy atom. The Kier molecular flexibility index (Phi) is 4.00. The maximum absolute atomic E-state index is 12.2. The number of rotatable bonds is 2. The van der Waals surface area contributed by atoms with Gasteiger partial charge in [-0.25, -0.2) is 4.98 Å². The smallest absolute Gasteiger partial charge is 0.259 e. The van der Waals surface area contributed by atoms with Crippen LogP contribution < -0.4 is 5.32 Å². The third-order valence-corrected chi connectivity index (χ3v) is 5.34. The van der Waals surface area contributed by atoms with Crippen LogP contribution in [0.3, 0.4) is 0 Å². The van der Waals surface area contributed by atoms with Crippen LogP contribution in [0.5, 0.6) is 0 Å². The molecule has 1 amide bonds. The first-order chi connectivity index (χ1) is 10.4. The van der Waals surface area contributed by atoms with Crippen LogP contribution in [0.4, 0.5) is 5.13 Å². The maximum atomic E-state index is 12.2. The van der Waals surface area contributed by atoms with E-state index in [9.17, 15) is 4.79 Å². The molecule has 0 fully saturated rings. The Bertz CT molecular complexity index is 673. The number of carbonyl (C=O) groups excluding carboxylic acids is 1. The number of pyridine rings is 1. The van der Waals surface area contributed by atoms with E-state index in [0.717, 1.165) is 18.5 Å². The van der Waals surface area contributed by atoms with Crippen molar-refractivity contribution in [3.05, 3.63) is 40.7 Å². The predicted octanol–water partition coefficient (Wildman–Crippen LogP) is 3.94. The molecule has 116 valence electrons. The first kappa shape index (κ1) is 15.2. The molecule has 0 bridgehead atoms. The summed E-state index contributed by atoms with van der Waals surface area (Å²) in [5.74, 6) is 0.536. The summed E-state index contributed by atoms with van der Waals surface area (Å²) in [5, 5.41) is 3.60. The molecule has 0 spiro atoms. The quantitative estimate of drug-likeness (QED) is 0.913. The zero-order valence-electron chi connectivity index (χ0n) is 13.2. The average Bonchev–Trinajstić information content (AvgIpc) is 2.88. The van der Waals surface area contributed by atoms with Gasteiger partial charge < -0.3 is 0 Å². The number of nitrogens with zero attached hydrogens (tertiary/aromatic N) is 2. The van der Waals surface area contributed by atoms with Gasteiger partial charge in [0.05, 0.1) is 11.3 Å². The van der Waals surface area contributed by atoms with Crippen molar-refractivity contribution in [1.82, 2.24) is 9.97 Å². The molecule has 2 aromatic rings. The predicted molar refractivity (Wildman–Crippen MR) is 89.3 cm³/mol. The van der Waals surface area contributed by atoms with E-state index >= 15 is 0 Å². The van der Waals surface area contributed by atoms with E-state index < -0.39 is 0 Å². The summed E-state index contributed by atoms with van der Waals surface area (Å²) in [6, 6.07) is 3.52. The van der Waals surface area contributed by atoms with Gasteiger partial charge in [-0.15, -0.1) is 11.3 Å². The molecule has 0 saturated heterocycles. The van der Waals surface area contributed by atoms with Gasteiger partial charge in [0.15, 0.2) is 5.13 Å². The second-order valence-corrected chi connectivity index (χ2v) is 7.97. The average molecular weight is 315 g/mol. The summed E-state index contributed by atoms with van der Waals surface area (Å²) in [6.45, 7) is 6.90. The SMILES string of the molecule is CC(C)(C)C1CCc2nc(NC(=O)c3cccnc3)sc2C1. The Balaban J connectivity index is 1.73. The summed E-state index contributed by atoms with van der Waals surface area (Å²) in [7, 11) is 0. The van der Waals surface area contributed by atoms with Gasteiger partial charge in [0.1, 0.15) is 0 Å². The standard InChI is InChI=1S/C17H21N3OS/c1-17(2,3)12-6-7-13-14(9-12)22-16(19-13)20-15(21)11-5-4-8-18-10-11/h4-5,8,10,12H,6-7,9H2,1-3H3,(H,19,20,21). The van der Waals surface area contributed by atoms with Crippen LogP contribution >= 0.6 is 11.3 Å². The van der Waals surface area contributed by atoms with Crippen molar-refractivity contribution in [2.75, 3.05) is 5.32 Å². The number of carbonyl (C=O) groups is 1. The van der Waals surface area contributed by atoms with Gasteiger partial charge in [-0.05, 0) is 42.7 Å². The number of hydrogen-bond donors (Lipinski definition) is 1. The third-order valence-electron chi connectivity index (χ3n) is 4.31. The number of fused-ring (bicyclic) bond motifs is 1. The van der Waals surface area contributed by atoms with Crippen LogP contribution in [-0.2, 0) is 12.8 Å². The van der Waals surface area contributed by atoms with Gasteiger partial charge in [-0.3, -0.25) is 15.1 Å². The summed E-state index contributed by atoms with van der Waals surface area (Å²) in [4.78, 5) is 22.1. The van der Waals surface area contributed by atoms with Gasteiger partial charge in [0.2, 0.25) is 0 Å². The lowest BCUT2D eigenvalue weighted by atomic mass is 9.73. The fourth-order valence-electron chi connectivity index (χ4n) is 2.83. The highest BCUT2D eigenvalue weighted by molar-refractivity contribution is 7.15. The largest absolute Gasteiger partial charge is 0.298 e. The molecule has 2 aromatic heterocycles. The van der Waals surface area contributed by atoms with Crippen molar-refractivity contribution in [2.45, 2.75) is 40.0 Å². The van der Waals surface area contributed by atoms with E-state index in [1.165, 1.54) is 11.3 Å². The number of hydrogen-bond acceptors (Lipinski definition) is 4. The second-order valence-electron chi connectivity index (χ2n) is 6.89. The highest BCUT2D eigenvalue weighted by Crippen LogP contribution is 2.40. The van der Waals surface area contributed by atoms with Crippen molar-refractivity contribution in [1.29, 1.82) is 0 Å². The van der Waals surface area contributed by atoms with Gasteiger partial charge in [-0.1, -0.05) is 20.8 Å². The molecule has 1 unspecified atom stereocenters. The van der Waals surface area contributed by atoms with Crippen LogP contribution in [0.1, 0.15) is 48.1 Å². The molecule has 1 aliphatic carbocycles. The van der Waals surface area contributed by atoms with E-state index in [1.807, 2.05) is 0 Å². The molecule has 1 aliphatic rings. The zero-order valence-corrected chi connectivity index (χ0v) is 14.0. The second kappa shape index (κ2) is 5.80. The minimum Gasteiger partial charge on any atom is -0.298 e. The van der Waals surface area contributed by atoms with Crippen molar-refractivity contribution in [3.8, 4) is 0 Å². The third kappa shape index (κ3) is 3.19. The van der Waals surface area contributed by atoms with Gasteiger partial charge in [0.25, 0.3) is 5.91 Å². The summed E-state index contributed by atoms with van der Waals surface area (Å²) in [5.41, 5.74) is 2.04. The van der Waals surface area contributed by atoms with E-state index in [1.54, 1.807) is 35.9 Å². The Morgan fingerprint density at radius 1 is 1.41 bits per heavy atom. The van der Waals surface area contributed by atoms with Crippen LogP contribution in [0.25, 0.3) is 0 Å². The van der Waals surface area contributed by atoms with Crippen LogP contribution in [0.15, 0.2) is 24.5 Å². The van der Waals surface area contributed by atoms with Crippen LogP contribution in [0.2, 0.25) is 0 Å². The molecule has 5 heteroatoms. The molecule has 0 aliphatic heterocycles. The fourth-order valence-corrected chi connectivity index (χ4v) is 3.92. The maximum Gasteiger partial charge on any atom is 0.259 e. The molecule has 0 saturated carbocycles. The van der Waals surface area contributed by atoms with Crippen molar-refractivity contribution >= 4 is 22.4 Å². The fraction of sp³-hybridized carbons (Fsp3) is 0.471. The van der Waals surface area contributed by atoms with E-state index in [0.29, 0.717) is 22.0 Å². The number of amides is 1. The molecule has 1 N–H and O–H groups in total. The monoisotopic (exact) mass is 315 g/mol. The summed E-state index contributed by atoms with van der Waals surface area (Å²) < 4.78 is 0. The summed E-state index contributed by atoms with van der Waals surface area (Å²) in [6.07, 6.45) is 6.48. The van der Waals surface area contributed by atoms with E-state index in [4.69, 9.17) is 0 Å². The summed E-state index contributed by atoms with van der Waals surface area (Å²) >= 11 is 1.61. The lowest BCUT2D eigenvalue weighted by Crippen LogP contribution is -2.26. The number of anilines is 1. The highest BCUT2D eigenvalue weighted by Gasteiger charge is 2.30. The molecular weight excluding hydrogens is 294 g/mol. The molecule has 1 atom stereocenters. The first-order valence-corrected chi connectivity index (χ1v) is 8.45.